The zero-order valence-corrected chi connectivity index (χ0v) is 26.2. The van der Waals surface area contributed by atoms with Crippen molar-refractivity contribution in [1.82, 2.24) is 10.2 Å². The minimum Gasteiger partial charge on any atom is -0.352 e. The molecule has 13 heteroatoms. The van der Waals surface area contributed by atoms with Crippen molar-refractivity contribution < 1.29 is 31.2 Å². The van der Waals surface area contributed by atoms with E-state index in [2.05, 4.69) is 5.32 Å². The molecule has 1 aliphatic carbocycles. The van der Waals surface area contributed by atoms with Gasteiger partial charge in [0, 0.05) is 34.6 Å². The SMILES string of the molecule is CS(=O)(=O)N(CC(=O)N(Cc1c(Cl)cccc1Cl)[C@@H](Cc1ccccc1)C(=O)NC1CCCC1)c1cccc(C(F)(F)F)c1. The fourth-order valence-electron chi connectivity index (χ4n) is 5.23. The van der Waals surface area contributed by atoms with Crippen LogP contribution in [0.4, 0.5) is 18.9 Å². The van der Waals surface area contributed by atoms with Crippen LogP contribution in [0.5, 0.6) is 0 Å². The molecule has 0 spiro atoms. The third-order valence-corrected chi connectivity index (χ3v) is 9.35. The molecular weight excluding hydrogens is 638 g/mol. The molecule has 0 bridgehead atoms. The van der Waals surface area contributed by atoms with Gasteiger partial charge >= 0.3 is 6.18 Å². The Balaban J connectivity index is 1.78. The molecule has 0 heterocycles. The lowest BCUT2D eigenvalue weighted by atomic mass is 10.0. The Morgan fingerprint density at radius 3 is 2.16 bits per heavy atom. The van der Waals surface area contributed by atoms with Crippen LogP contribution in [0.15, 0.2) is 72.8 Å². The normalized spacial score (nSPS) is 14.7. The predicted octanol–water partition coefficient (Wildman–Crippen LogP) is 6.48. The summed E-state index contributed by atoms with van der Waals surface area (Å²) in [6.07, 6.45) is -0.398. The van der Waals surface area contributed by atoms with Crippen LogP contribution in [0, 0.1) is 0 Å². The van der Waals surface area contributed by atoms with E-state index in [9.17, 15) is 31.2 Å². The van der Waals surface area contributed by atoms with E-state index in [1.165, 1.54) is 11.0 Å². The van der Waals surface area contributed by atoms with Gasteiger partial charge in [-0.2, -0.15) is 13.2 Å². The summed E-state index contributed by atoms with van der Waals surface area (Å²) in [6.45, 7) is -1.13. The fraction of sp³-hybridized carbons (Fsp3) is 0.355. The van der Waals surface area contributed by atoms with E-state index in [1.807, 2.05) is 6.07 Å². The van der Waals surface area contributed by atoms with Crippen molar-refractivity contribution in [3.05, 3.63) is 99.5 Å². The average Bonchev–Trinajstić information content (AvgIpc) is 3.47. The second-order valence-corrected chi connectivity index (χ2v) is 13.5. The third-order valence-electron chi connectivity index (χ3n) is 7.50. The number of benzene rings is 3. The van der Waals surface area contributed by atoms with Crippen molar-refractivity contribution in [2.24, 2.45) is 0 Å². The number of amides is 2. The monoisotopic (exact) mass is 669 g/mol. The minimum atomic E-state index is -4.74. The molecule has 0 aliphatic heterocycles. The summed E-state index contributed by atoms with van der Waals surface area (Å²) in [4.78, 5) is 29.3. The molecule has 7 nitrogen and oxygen atoms in total. The number of rotatable bonds is 11. The van der Waals surface area contributed by atoms with Crippen LogP contribution >= 0.6 is 23.2 Å². The zero-order chi connectivity index (χ0) is 32.1. The van der Waals surface area contributed by atoms with E-state index in [-0.39, 0.29) is 34.7 Å². The minimum absolute atomic E-state index is 0.0790. The molecule has 0 unspecified atom stereocenters. The van der Waals surface area contributed by atoms with Gasteiger partial charge in [-0.1, -0.05) is 78.5 Å². The molecule has 0 radical (unpaired) electrons. The highest BCUT2D eigenvalue weighted by Gasteiger charge is 2.36. The molecule has 236 valence electrons. The van der Waals surface area contributed by atoms with Crippen LogP contribution in [0.1, 0.15) is 42.4 Å². The summed E-state index contributed by atoms with van der Waals surface area (Å²) in [5.74, 6) is -1.27. The van der Waals surface area contributed by atoms with Gasteiger partial charge in [0.2, 0.25) is 21.8 Å². The first-order valence-electron chi connectivity index (χ1n) is 14.0. The first kappa shape index (κ1) is 33.6. The van der Waals surface area contributed by atoms with E-state index in [0.717, 1.165) is 49.6 Å². The van der Waals surface area contributed by atoms with E-state index in [4.69, 9.17) is 23.2 Å². The van der Waals surface area contributed by atoms with Crippen LogP contribution in [0.25, 0.3) is 0 Å². The number of alkyl halides is 3. The maximum atomic E-state index is 14.2. The number of halogens is 5. The number of hydrogen-bond donors (Lipinski definition) is 1. The number of hydrogen-bond acceptors (Lipinski definition) is 4. The van der Waals surface area contributed by atoms with Gasteiger partial charge in [0.15, 0.2) is 0 Å². The molecule has 4 rings (SSSR count). The Morgan fingerprint density at radius 2 is 1.57 bits per heavy atom. The lowest BCUT2D eigenvalue weighted by molar-refractivity contribution is -0.140. The van der Waals surface area contributed by atoms with Crippen molar-refractivity contribution in [2.75, 3.05) is 17.1 Å². The number of carbonyl (C=O) groups is 2. The maximum absolute atomic E-state index is 14.2. The molecule has 1 fully saturated rings. The molecule has 44 heavy (non-hydrogen) atoms. The predicted molar refractivity (Wildman–Crippen MR) is 165 cm³/mol. The molecule has 0 saturated heterocycles. The van der Waals surface area contributed by atoms with Crippen molar-refractivity contribution in [2.45, 2.75) is 56.9 Å². The van der Waals surface area contributed by atoms with E-state index in [0.29, 0.717) is 15.9 Å². The van der Waals surface area contributed by atoms with Crippen LogP contribution in [0.2, 0.25) is 10.0 Å². The lowest BCUT2D eigenvalue weighted by Gasteiger charge is -2.34. The standard InChI is InChI=1S/C31H32Cl2F3N3O4S/c1-44(42,43)39(24-14-7-11-22(18-24)31(34,35)36)20-29(40)38(19-25-26(32)15-8-16-27(25)33)28(17-21-9-3-2-4-10-21)30(41)37-23-12-5-6-13-23/h2-4,7-11,14-16,18,23,28H,5-6,12-13,17,19-20H2,1H3,(H,37,41)/t28-/m0/s1. The first-order chi connectivity index (χ1) is 20.7. The topological polar surface area (TPSA) is 86.8 Å². The molecule has 2 amide bonds. The number of carbonyl (C=O) groups excluding carboxylic acids is 2. The molecule has 1 saturated carbocycles. The van der Waals surface area contributed by atoms with E-state index < -0.39 is 46.2 Å². The second-order valence-electron chi connectivity index (χ2n) is 10.7. The van der Waals surface area contributed by atoms with Crippen molar-refractivity contribution in [3.63, 3.8) is 0 Å². The Labute approximate surface area is 265 Å². The van der Waals surface area contributed by atoms with Gasteiger partial charge in [-0.05, 0) is 48.7 Å². The first-order valence-corrected chi connectivity index (χ1v) is 16.6. The van der Waals surface area contributed by atoms with Crippen molar-refractivity contribution >= 4 is 50.7 Å². The number of sulfonamides is 1. The number of nitrogens with one attached hydrogen (secondary N) is 1. The highest BCUT2D eigenvalue weighted by Crippen LogP contribution is 2.33. The van der Waals surface area contributed by atoms with Gasteiger partial charge in [0.1, 0.15) is 12.6 Å². The smallest absolute Gasteiger partial charge is 0.352 e. The Kier molecular flexibility index (Phi) is 10.9. The maximum Gasteiger partial charge on any atom is 0.416 e. The molecular formula is C31H32Cl2F3N3O4S. The van der Waals surface area contributed by atoms with E-state index >= 15 is 0 Å². The summed E-state index contributed by atoms with van der Waals surface area (Å²) in [5, 5.41) is 3.48. The molecule has 0 aromatic heterocycles. The van der Waals surface area contributed by atoms with Gasteiger partial charge < -0.3 is 10.2 Å². The number of anilines is 1. The van der Waals surface area contributed by atoms with Crippen LogP contribution in [0.3, 0.4) is 0 Å². The second kappa shape index (κ2) is 14.2. The molecule has 1 N–H and O–H groups in total. The Bertz CT molecular complexity index is 1560. The molecule has 3 aromatic carbocycles. The van der Waals surface area contributed by atoms with Gasteiger partial charge in [0.05, 0.1) is 17.5 Å². The Morgan fingerprint density at radius 1 is 0.955 bits per heavy atom. The summed E-state index contributed by atoms with van der Waals surface area (Å²) in [5.41, 5.74) is -0.351. The van der Waals surface area contributed by atoms with E-state index in [1.54, 1.807) is 42.5 Å². The van der Waals surface area contributed by atoms with Crippen LogP contribution < -0.4 is 9.62 Å². The summed E-state index contributed by atoms with van der Waals surface area (Å²) < 4.78 is 66.9. The van der Waals surface area contributed by atoms with Crippen molar-refractivity contribution in [3.8, 4) is 0 Å². The lowest BCUT2D eigenvalue weighted by Crippen LogP contribution is -2.54. The Hall–Kier alpha value is -3.28. The van der Waals surface area contributed by atoms with Gasteiger partial charge in [-0.15, -0.1) is 0 Å². The fourth-order valence-corrected chi connectivity index (χ4v) is 6.58. The summed E-state index contributed by atoms with van der Waals surface area (Å²) in [7, 11) is -4.26. The zero-order valence-electron chi connectivity index (χ0n) is 23.9. The molecule has 1 atom stereocenters. The highest BCUT2D eigenvalue weighted by atomic mass is 35.5. The quantitative estimate of drug-likeness (QED) is 0.253. The molecule has 3 aromatic rings. The van der Waals surface area contributed by atoms with Crippen molar-refractivity contribution in [1.29, 1.82) is 0 Å². The van der Waals surface area contributed by atoms with Gasteiger partial charge in [-0.25, -0.2) is 8.42 Å². The van der Waals surface area contributed by atoms with Crippen LogP contribution in [-0.4, -0.2) is 50.0 Å². The highest BCUT2D eigenvalue weighted by molar-refractivity contribution is 7.92. The third kappa shape index (κ3) is 8.67. The van der Waals surface area contributed by atoms with Gasteiger partial charge in [0.25, 0.3) is 0 Å². The van der Waals surface area contributed by atoms with Gasteiger partial charge in [-0.3, -0.25) is 13.9 Å². The molecule has 1 aliphatic rings. The summed E-state index contributed by atoms with van der Waals surface area (Å²) >= 11 is 12.9. The largest absolute Gasteiger partial charge is 0.416 e. The average molecular weight is 671 g/mol. The van der Waals surface area contributed by atoms with Crippen LogP contribution in [-0.2, 0) is 38.8 Å². The number of nitrogens with zero attached hydrogens (tertiary/aromatic N) is 2. The summed E-state index contributed by atoms with van der Waals surface area (Å²) in [6, 6.07) is 16.2.